The Balaban J connectivity index is 1.55. The van der Waals surface area contributed by atoms with E-state index in [-0.39, 0.29) is 13.0 Å². The van der Waals surface area contributed by atoms with Crippen LogP contribution in [0.4, 0.5) is 5.69 Å². The minimum atomic E-state index is -0.867. The summed E-state index contributed by atoms with van der Waals surface area (Å²) in [6.45, 7) is 6.69. The van der Waals surface area contributed by atoms with Gasteiger partial charge in [0, 0.05) is 64.0 Å². The number of aliphatic carboxylic acids is 1. The van der Waals surface area contributed by atoms with Crippen molar-refractivity contribution >= 4 is 66.5 Å². The fourth-order valence-electron chi connectivity index (χ4n) is 6.45. The van der Waals surface area contributed by atoms with Crippen molar-refractivity contribution in [3.05, 3.63) is 72.3 Å². The predicted molar refractivity (Wildman–Crippen MR) is 179 cm³/mol. The van der Waals surface area contributed by atoms with Crippen molar-refractivity contribution in [2.75, 3.05) is 18.0 Å². The molecule has 0 radical (unpaired) electrons. The van der Waals surface area contributed by atoms with Gasteiger partial charge in [-0.3, -0.25) is 4.79 Å². The normalized spacial score (nSPS) is 11.8. The molecule has 8 nitrogen and oxygen atoms in total. The second-order valence-electron chi connectivity index (χ2n) is 11.6. The molecule has 7 aromatic rings. The molecule has 0 aliphatic carbocycles. The highest BCUT2D eigenvalue weighted by molar-refractivity contribution is 6.34. The van der Waals surface area contributed by atoms with E-state index < -0.39 is 5.97 Å². The first kappa shape index (κ1) is 28.5. The highest BCUT2D eigenvalue weighted by Gasteiger charge is 2.26. The van der Waals surface area contributed by atoms with E-state index in [0.29, 0.717) is 28.1 Å². The summed E-state index contributed by atoms with van der Waals surface area (Å²) in [6, 6.07) is 23.8. The zero-order valence-corrected chi connectivity index (χ0v) is 25.5. The summed E-state index contributed by atoms with van der Waals surface area (Å²) in [5.74, 6) is -0.460. The Morgan fingerprint density at radius 1 is 0.933 bits per heavy atom. The van der Waals surface area contributed by atoms with Crippen molar-refractivity contribution in [1.29, 1.82) is 5.26 Å². The number of aryl methyl sites for hydroxylation is 1. The molecule has 0 amide bonds. The topological polar surface area (TPSA) is 108 Å². The highest BCUT2D eigenvalue weighted by atomic mass is 16.4. The van der Waals surface area contributed by atoms with Gasteiger partial charge in [-0.1, -0.05) is 44.9 Å². The Morgan fingerprint density at radius 3 is 2.40 bits per heavy atom. The van der Waals surface area contributed by atoms with E-state index in [0.717, 1.165) is 88.2 Å². The number of para-hydroxylation sites is 1. The second-order valence-corrected chi connectivity index (χ2v) is 11.6. The number of carboxylic acid groups (broad SMARTS) is 1. The molecule has 3 aromatic heterocycles. The van der Waals surface area contributed by atoms with Crippen molar-refractivity contribution in [1.82, 2.24) is 9.55 Å². The van der Waals surface area contributed by atoms with Crippen LogP contribution in [0, 0.1) is 11.3 Å². The molecule has 0 saturated heterocycles. The van der Waals surface area contributed by atoms with Gasteiger partial charge in [0.25, 0.3) is 0 Å². The molecule has 0 fully saturated rings. The predicted octanol–water partition coefficient (Wildman–Crippen LogP) is 9.26. The van der Waals surface area contributed by atoms with Gasteiger partial charge in [-0.2, -0.15) is 5.26 Å². The van der Waals surface area contributed by atoms with Crippen LogP contribution in [0.5, 0.6) is 0 Å². The molecule has 0 aliphatic heterocycles. The van der Waals surface area contributed by atoms with Gasteiger partial charge < -0.3 is 23.4 Å². The van der Waals surface area contributed by atoms with Crippen molar-refractivity contribution in [3.8, 4) is 17.5 Å². The lowest BCUT2D eigenvalue weighted by molar-refractivity contribution is -0.137. The molecule has 0 bridgehead atoms. The van der Waals surface area contributed by atoms with Crippen molar-refractivity contribution in [3.63, 3.8) is 0 Å². The molecule has 0 aliphatic rings. The smallest absolute Gasteiger partial charge is 0.305 e. The lowest BCUT2D eigenvalue weighted by Crippen LogP contribution is -2.25. The molecule has 4 aromatic carbocycles. The minimum absolute atomic E-state index is 0.0332. The molecule has 7 rings (SSSR count). The number of anilines is 1. The molecule has 3 heterocycles. The second kappa shape index (κ2) is 11.7. The Bertz CT molecular complexity index is 2240. The van der Waals surface area contributed by atoms with Gasteiger partial charge in [0.2, 0.25) is 11.5 Å². The van der Waals surface area contributed by atoms with Crippen LogP contribution in [0.2, 0.25) is 0 Å². The fourth-order valence-corrected chi connectivity index (χ4v) is 6.45. The third-order valence-corrected chi connectivity index (χ3v) is 8.69. The van der Waals surface area contributed by atoms with Gasteiger partial charge in [0.15, 0.2) is 5.58 Å². The quantitative estimate of drug-likeness (QED) is 0.158. The van der Waals surface area contributed by atoms with Gasteiger partial charge in [-0.05, 0) is 55.3 Å². The van der Waals surface area contributed by atoms with Gasteiger partial charge in [0.05, 0.1) is 23.6 Å². The summed E-state index contributed by atoms with van der Waals surface area (Å²) in [5, 5.41) is 22.8. The number of unbranched alkanes of at least 4 members (excludes halogenated alkanes) is 2. The Labute approximate surface area is 260 Å². The molecule has 0 unspecified atom stereocenters. The molecule has 226 valence electrons. The third-order valence-electron chi connectivity index (χ3n) is 8.69. The van der Waals surface area contributed by atoms with E-state index in [4.69, 9.17) is 13.8 Å². The van der Waals surface area contributed by atoms with E-state index >= 15 is 0 Å². The van der Waals surface area contributed by atoms with E-state index in [2.05, 4.69) is 53.6 Å². The first-order chi connectivity index (χ1) is 22.0. The number of aromatic nitrogens is 2. The Morgan fingerprint density at radius 2 is 1.69 bits per heavy atom. The lowest BCUT2D eigenvalue weighted by atomic mass is 10.0. The average molecular weight is 599 g/mol. The van der Waals surface area contributed by atoms with Crippen LogP contribution in [0.15, 0.2) is 75.6 Å². The van der Waals surface area contributed by atoms with Crippen LogP contribution in [0.25, 0.3) is 66.3 Å². The Kier molecular flexibility index (Phi) is 7.38. The summed E-state index contributed by atoms with van der Waals surface area (Å²) in [7, 11) is 0. The molecular formula is C37H34N4O4. The third kappa shape index (κ3) is 4.85. The molecule has 0 spiro atoms. The Hall–Kier alpha value is -5.29. The number of furan rings is 1. The van der Waals surface area contributed by atoms with Gasteiger partial charge in [-0.25, -0.2) is 4.98 Å². The van der Waals surface area contributed by atoms with E-state index in [1.807, 2.05) is 30.3 Å². The number of hydrogen-bond donors (Lipinski definition) is 1. The monoisotopic (exact) mass is 598 g/mol. The summed E-state index contributed by atoms with van der Waals surface area (Å²) >= 11 is 0. The number of benzene rings is 4. The maximum atomic E-state index is 11.7. The van der Waals surface area contributed by atoms with Crippen LogP contribution in [0.3, 0.4) is 0 Å². The van der Waals surface area contributed by atoms with Gasteiger partial charge >= 0.3 is 5.97 Å². The summed E-state index contributed by atoms with van der Waals surface area (Å²) < 4.78 is 15.3. The maximum Gasteiger partial charge on any atom is 0.305 e. The number of hydrogen-bond acceptors (Lipinski definition) is 6. The summed E-state index contributed by atoms with van der Waals surface area (Å²) in [4.78, 5) is 19.2. The standard InChI is InChI=1S/C37H34N4O4/c1-3-5-18-40(19-6-4-2)25-15-16-27-29(21-25)44-35-32(27)31-26-9-7-8-10-28(26)41(20-17-30(42)43)34(31)33-36(35)45-37(39-33)24-13-11-23(22-38)12-14-24/h7-16,21H,3-6,17-20H2,1-2H3,(H,42,43). The number of nitriles is 1. The van der Waals surface area contributed by atoms with E-state index in [9.17, 15) is 15.2 Å². The molecule has 0 atom stereocenters. The summed E-state index contributed by atoms with van der Waals surface area (Å²) in [5.41, 5.74) is 6.70. The first-order valence-electron chi connectivity index (χ1n) is 15.7. The van der Waals surface area contributed by atoms with Crippen molar-refractivity contribution in [2.45, 2.75) is 52.5 Å². The first-order valence-corrected chi connectivity index (χ1v) is 15.7. The molecule has 8 heteroatoms. The number of oxazole rings is 1. The molecular weight excluding hydrogens is 564 g/mol. The summed E-state index contributed by atoms with van der Waals surface area (Å²) in [6.07, 6.45) is 4.47. The van der Waals surface area contributed by atoms with E-state index in [1.165, 1.54) is 0 Å². The van der Waals surface area contributed by atoms with Gasteiger partial charge in [0.1, 0.15) is 11.1 Å². The number of rotatable bonds is 11. The SMILES string of the molecule is CCCCN(CCCC)c1ccc2c(c1)oc1c3oc(-c4ccc(C#N)cc4)nc3c3c(c4ccccc4n3CCC(=O)O)c21. The van der Waals surface area contributed by atoms with Crippen LogP contribution >= 0.6 is 0 Å². The molecule has 45 heavy (non-hydrogen) atoms. The zero-order valence-electron chi connectivity index (χ0n) is 25.5. The van der Waals surface area contributed by atoms with Crippen LogP contribution in [0.1, 0.15) is 51.5 Å². The van der Waals surface area contributed by atoms with Crippen LogP contribution in [-0.4, -0.2) is 33.7 Å². The van der Waals surface area contributed by atoms with Gasteiger partial charge in [-0.15, -0.1) is 0 Å². The van der Waals surface area contributed by atoms with Crippen LogP contribution in [-0.2, 0) is 11.3 Å². The number of carbonyl (C=O) groups is 1. The van der Waals surface area contributed by atoms with Crippen LogP contribution < -0.4 is 4.90 Å². The van der Waals surface area contributed by atoms with Crippen molar-refractivity contribution in [2.24, 2.45) is 0 Å². The number of nitrogens with zero attached hydrogens (tertiary/aromatic N) is 4. The largest absolute Gasteiger partial charge is 0.481 e. The van der Waals surface area contributed by atoms with E-state index in [1.54, 1.807) is 12.1 Å². The minimum Gasteiger partial charge on any atom is -0.481 e. The lowest BCUT2D eigenvalue weighted by Gasteiger charge is -2.24. The number of carboxylic acids is 1. The average Bonchev–Trinajstić information content (AvgIpc) is 3.75. The van der Waals surface area contributed by atoms with Crippen molar-refractivity contribution < 1.29 is 18.7 Å². The highest BCUT2D eigenvalue weighted by Crippen LogP contribution is 2.46. The number of fused-ring (bicyclic) bond motifs is 10. The maximum absolute atomic E-state index is 11.7. The fraction of sp³-hybridized carbons (Fsp3) is 0.270. The molecule has 0 saturated carbocycles. The molecule has 1 N–H and O–H groups in total. The zero-order chi connectivity index (χ0) is 31.1.